The molecule has 4 nitrogen and oxygen atoms in total. The van der Waals surface area contributed by atoms with Crippen LogP contribution < -0.4 is 0 Å². The summed E-state index contributed by atoms with van der Waals surface area (Å²) in [4.78, 5) is 10.2. The zero-order valence-electron chi connectivity index (χ0n) is 5.61. The van der Waals surface area contributed by atoms with Gasteiger partial charge in [-0.1, -0.05) is 6.07 Å². The number of nitrogens with one attached hydrogen (secondary N) is 1. The molecular formula is C7H5N3O. The smallest absolute Gasteiger partial charge is 0.118 e. The van der Waals surface area contributed by atoms with Gasteiger partial charge in [0.1, 0.15) is 5.69 Å². The fourth-order valence-electron chi connectivity index (χ4n) is 1.03. The molecule has 0 unspecified atom stereocenters. The molecule has 54 valence electrons. The molecule has 0 atom stereocenters. The summed E-state index contributed by atoms with van der Waals surface area (Å²) in [5.41, 5.74) is 1.26. The number of rotatable bonds is 1. The van der Waals surface area contributed by atoms with Gasteiger partial charge in [0.15, 0.2) is 0 Å². The molecule has 0 bridgehead atoms. The largest absolute Gasteiger partial charge is 0.278 e. The van der Waals surface area contributed by atoms with E-state index in [2.05, 4.69) is 15.4 Å². The fraction of sp³-hybridized carbons (Fsp3) is 0. The molecule has 0 aliphatic rings. The van der Waals surface area contributed by atoms with E-state index in [4.69, 9.17) is 0 Å². The third-order valence-corrected chi connectivity index (χ3v) is 1.56. The van der Waals surface area contributed by atoms with E-state index < -0.39 is 0 Å². The lowest BCUT2D eigenvalue weighted by atomic mass is 10.2. The standard InChI is InChI=1S/C7H5N3O/c11-10-7-3-1-2-6-5(7)4-8-9-6/h1-4H,(H,8,9). The lowest BCUT2D eigenvalue weighted by Crippen LogP contribution is -1.66. The van der Waals surface area contributed by atoms with Gasteiger partial charge in [0.05, 0.1) is 11.7 Å². The molecule has 0 saturated carbocycles. The number of H-pyrrole nitrogens is 1. The highest BCUT2D eigenvalue weighted by molar-refractivity contribution is 5.89. The van der Waals surface area contributed by atoms with E-state index in [-0.39, 0.29) is 0 Å². The van der Waals surface area contributed by atoms with Crippen molar-refractivity contribution in [1.29, 1.82) is 0 Å². The summed E-state index contributed by atoms with van der Waals surface area (Å²) in [5.74, 6) is 0. The number of hydrogen-bond donors (Lipinski definition) is 1. The van der Waals surface area contributed by atoms with Crippen molar-refractivity contribution in [3.8, 4) is 0 Å². The van der Waals surface area contributed by atoms with Crippen molar-refractivity contribution in [1.82, 2.24) is 10.2 Å². The number of aromatic nitrogens is 2. The summed E-state index contributed by atoms with van der Waals surface area (Å²) in [6.45, 7) is 0. The van der Waals surface area contributed by atoms with Crippen LogP contribution in [0.15, 0.2) is 29.6 Å². The molecule has 1 aromatic carbocycles. The van der Waals surface area contributed by atoms with Crippen LogP contribution in [0.1, 0.15) is 0 Å². The molecule has 0 fully saturated rings. The molecule has 2 rings (SSSR count). The maximum Gasteiger partial charge on any atom is 0.118 e. The minimum Gasteiger partial charge on any atom is -0.278 e. The van der Waals surface area contributed by atoms with Crippen LogP contribution in [0.4, 0.5) is 5.69 Å². The Morgan fingerprint density at radius 1 is 1.45 bits per heavy atom. The van der Waals surface area contributed by atoms with Crippen molar-refractivity contribution < 1.29 is 0 Å². The number of nitroso groups, excluding NO2 is 1. The molecule has 1 N–H and O–H groups in total. The van der Waals surface area contributed by atoms with Gasteiger partial charge in [-0.3, -0.25) is 5.10 Å². The first-order chi connectivity index (χ1) is 5.42. The van der Waals surface area contributed by atoms with E-state index in [0.29, 0.717) is 5.69 Å². The molecule has 0 radical (unpaired) electrons. The highest BCUT2D eigenvalue weighted by Crippen LogP contribution is 2.22. The first-order valence-corrected chi connectivity index (χ1v) is 3.17. The second kappa shape index (κ2) is 2.16. The van der Waals surface area contributed by atoms with Crippen LogP contribution in [0.5, 0.6) is 0 Å². The zero-order valence-corrected chi connectivity index (χ0v) is 5.61. The van der Waals surface area contributed by atoms with E-state index in [9.17, 15) is 4.91 Å². The van der Waals surface area contributed by atoms with Crippen LogP contribution in [-0.4, -0.2) is 10.2 Å². The maximum atomic E-state index is 10.2. The second-order valence-electron chi connectivity index (χ2n) is 2.20. The average Bonchev–Trinajstić information content (AvgIpc) is 2.50. The van der Waals surface area contributed by atoms with Crippen LogP contribution in [0.2, 0.25) is 0 Å². The van der Waals surface area contributed by atoms with E-state index in [1.165, 1.54) is 0 Å². The maximum absolute atomic E-state index is 10.2. The Hall–Kier alpha value is -1.71. The minimum absolute atomic E-state index is 0.427. The van der Waals surface area contributed by atoms with Crippen molar-refractivity contribution >= 4 is 16.6 Å². The van der Waals surface area contributed by atoms with Crippen LogP contribution in [-0.2, 0) is 0 Å². The van der Waals surface area contributed by atoms with Crippen LogP contribution >= 0.6 is 0 Å². The Kier molecular flexibility index (Phi) is 1.18. The van der Waals surface area contributed by atoms with Gasteiger partial charge >= 0.3 is 0 Å². The van der Waals surface area contributed by atoms with Gasteiger partial charge in [-0.2, -0.15) is 5.10 Å². The van der Waals surface area contributed by atoms with Crippen molar-refractivity contribution in [2.24, 2.45) is 5.18 Å². The molecule has 0 aliphatic carbocycles. The lowest BCUT2D eigenvalue weighted by molar-refractivity contribution is 1.12. The number of nitrogens with zero attached hydrogens (tertiary/aromatic N) is 2. The third kappa shape index (κ3) is 0.797. The number of fused-ring (bicyclic) bond motifs is 1. The van der Waals surface area contributed by atoms with Gasteiger partial charge in [0, 0.05) is 5.39 Å². The molecular weight excluding hydrogens is 142 g/mol. The molecule has 0 spiro atoms. The monoisotopic (exact) mass is 147 g/mol. The number of aromatic amines is 1. The van der Waals surface area contributed by atoms with Crippen molar-refractivity contribution in [3.63, 3.8) is 0 Å². The van der Waals surface area contributed by atoms with E-state index in [1.807, 2.05) is 6.07 Å². The van der Waals surface area contributed by atoms with Gasteiger partial charge in [-0.15, -0.1) is 4.91 Å². The van der Waals surface area contributed by atoms with Gasteiger partial charge in [-0.25, -0.2) is 0 Å². The summed E-state index contributed by atoms with van der Waals surface area (Å²) in [5, 5.41) is 10.2. The Balaban J connectivity index is 2.88. The Bertz CT molecular complexity index is 393. The number of hydrogen-bond acceptors (Lipinski definition) is 3. The summed E-state index contributed by atoms with van der Waals surface area (Å²) >= 11 is 0. The topological polar surface area (TPSA) is 58.1 Å². The predicted octanol–water partition coefficient (Wildman–Crippen LogP) is 1.96. The quantitative estimate of drug-likeness (QED) is 0.627. The van der Waals surface area contributed by atoms with E-state index >= 15 is 0 Å². The van der Waals surface area contributed by atoms with Crippen molar-refractivity contribution in [3.05, 3.63) is 29.3 Å². The molecule has 0 amide bonds. The van der Waals surface area contributed by atoms with Gasteiger partial charge in [0.2, 0.25) is 0 Å². The lowest BCUT2D eigenvalue weighted by Gasteiger charge is -1.88. The Labute approximate surface area is 62.2 Å². The first kappa shape index (κ1) is 6.03. The van der Waals surface area contributed by atoms with Gasteiger partial charge in [-0.05, 0) is 17.3 Å². The predicted molar refractivity (Wildman–Crippen MR) is 41.5 cm³/mol. The molecule has 0 saturated heterocycles. The molecule has 1 aromatic heterocycles. The van der Waals surface area contributed by atoms with Crippen LogP contribution in [0.3, 0.4) is 0 Å². The second-order valence-corrected chi connectivity index (χ2v) is 2.20. The molecule has 2 aromatic rings. The highest BCUT2D eigenvalue weighted by atomic mass is 16.3. The SMILES string of the molecule is O=Nc1cccc2[nH]ncc12. The van der Waals surface area contributed by atoms with Gasteiger partial charge in [0.25, 0.3) is 0 Å². The minimum atomic E-state index is 0.427. The fourth-order valence-corrected chi connectivity index (χ4v) is 1.03. The summed E-state index contributed by atoms with van der Waals surface area (Å²) in [7, 11) is 0. The summed E-state index contributed by atoms with van der Waals surface area (Å²) in [6.07, 6.45) is 1.59. The summed E-state index contributed by atoms with van der Waals surface area (Å²) < 4.78 is 0. The number of benzene rings is 1. The van der Waals surface area contributed by atoms with Crippen LogP contribution in [0, 0.1) is 4.91 Å². The highest BCUT2D eigenvalue weighted by Gasteiger charge is 2.00. The Morgan fingerprint density at radius 2 is 2.36 bits per heavy atom. The molecule has 11 heavy (non-hydrogen) atoms. The molecule has 0 aliphatic heterocycles. The zero-order chi connectivity index (χ0) is 7.68. The molecule has 1 heterocycles. The van der Waals surface area contributed by atoms with Crippen molar-refractivity contribution in [2.45, 2.75) is 0 Å². The average molecular weight is 147 g/mol. The first-order valence-electron chi connectivity index (χ1n) is 3.17. The Morgan fingerprint density at radius 3 is 3.18 bits per heavy atom. The molecule has 4 heteroatoms. The third-order valence-electron chi connectivity index (χ3n) is 1.56. The van der Waals surface area contributed by atoms with E-state index in [1.54, 1.807) is 18.3 Å². The van der Waals surface area contributed by atoms with Crippen molar-refractivity contribution in [2.75, 3.05) is 0 Å². The normalized spacial score (nSPS) is 10.2. The van der Waals surface area contributed by atoms with Gasteiger partial charge < -0.3 is 0 Å². The van der Waals surface area contributed by atoms with Crippen LogP contribution in [0.25, 0.3) is 10.9 Å². The van der Waals surface area contributed by atoms with E-state index in [0.717, 1.165) is 10.9 Å². The summed E-state index contributed by atoms with van der Waals surface area (Å²) in [6, 6.07) is 5.26.